The first kappa shape index (κ1) is 14.2. The summed E-state index contributed by atoms with van der Waals surface area (Å²) in [5.41, 5.74) is 1.60. The van der Waals surface area contributed by atoms with Crippen LogP contribution in [0.3, 0.4) is 0 Å². The van der Waals surface area contributed by atoms with E-state index in [4.69, 9.17) is 5.11 Å². The molecule has 3 N–H and O–H groups in total. The molecule has 2 atom stereocenters. The van der Waals surface area contributed by atoms with E-state index < -0.39 is 18.1 Å². The summed E-state index contributed by atoms with van der Waals surface area (Å²) in [6.45, 7) is -0.205. The Morgan fingerprint density at radius 1 is 0.950 bits per heavy atom. The van der Waals surface area contributed by atoms with Crippen molar-refractivity contribution in [2.75, 3.05) is 6.54 Å². The smallest absolute Gasteiger partial charge is 0.317 e. The van der Waals surface area contributed by atoms with E-state index >= 15 is 0 Å². The van der Waals surface area contributed by atoms with Crippen LogP contribution in [-0.2, 0) is 4.79 Å². The molecule has 4 nitrogen and oxygen atoms in total. The Balaban J connectivity index is 2.24. The van der Waals surface area contributed by atoms with Gasteiger partial charge in [-0.25, -0.2) is 0 Å². The first-order chi connectivity index (χ1) is 9.68. The van der Waals surface area contributed by atoms with Gasteiger partial charge in [0.15, 0.2) is 0 Å². The molecule has 0 saturated carbocycles. The fourth-order valence-electron chi connectivity index (χ4n) is 2.11. The van der Waals surface area contributed by atoms with Gasteiger partial charge in [-0.3, -0.25) is 10.1 Å². The van der Waals surface area contributed by atoms with Crippen LogP contribution in [-0.4, -0.2) is 22.7 Å². The molecule has 4 heteroatoms. The number of hydrogen-bond donors (Lipinski definition) is 3. The van der Waals surface area contributed by atoms with Gasteiger partial charge in [0, 0.05) is 0 Å². The molecule has 0 aromatic heterocycles. The zero-order valence-electron chi connectivity index (χ0n) is 10.9. The van der Waals surface area contributed by atoms with E-state index in [2.05, 4.69) is 5.32 Å². The van der Waals surface area contributed by atoms with E-state index in [0.717, 1.165) is 11.1 Å². The molecule has 0 heterocycles. The maximum absolute atomic E-state index is 10.8. The van der Waals surface area contributed by atoms with Crippen LogP contribution in [0, 0.1) is 0 Å². The fraction of sp³-hybridized carbons (Fsp3) is 0.188. The summed E-state index contributed by atoms with van der Waals surface area (Å²) < 4.78 is 0. The number of benzene rings is 2. The lowest BCUT2D eigenvalue weighted by Gasteiger charge is -2.24. The number of carboxylic acid groups (broad SMARTS) is 1. The summed E-state index contributed by atoms with van der Waals surface area (Å²) in [4.78, 5) is 10.8. The third kappa shape index (κ3) is 3.66. The molecule has 2 aromatic carbocycles. The topological polar surface area (TPSA) is 69.6 Å². The molecule has 104 valence electrons. The summed E-state index contributed by atoms with van der Waals surface area (Å²) in [6.07, 6.45) is -0.807. The Kier molecular flexibility index (Phi) is 4.87. The molecule has 2 aromatic rings. The van der Waals surface area contributed by atoms with E-state index in [1.54, 1.807) is 0 Å². The van der Waals surface area contributed by atoms with Crippen LogP contribution >= 0.6 is 0 Å². The van der Waals surface area contributed by atoms with Gasteiger partial charge in [-0.2, -0.15) is 0 Å². The quantitative estimate of drug-likeness (QED) is 0.753. The molecule has 0 bridgehead atoms. The van der Waals surface area contributed by atoms with Gasteiger partial charge in [0.1, 0.15) is 0 Å². The Morgan fingerprint density at radius 2 is 1.45 bits per heavy atom. The number of aliphatic carboxylic acids is 1. The second kappa shape index (κ2) is 6.84. The monoisotopic (exact) mass is 271 g/mol. The first-order valence-corrected chi connectivity index (χ1v) is 6.41. The molecule has 0 saturated heterocycles. The number of rotatable bonds is 6. The molecule has 20 heavy (non-hydrogen) atoms. The second-order valence-electron chi connectivity index (χ2n) is 4.52. The minimum atomic E-state index is -0.953. The van der Waals surface area contributed by atoms with Crippen molar-refractivity contribution < 1.29 is 15.0 Å². The van der Waals surface area contributed by atoms with Crippen LogP contribution in [0.15, 0.2) is 60.7 Å². The Morgan fingerprint density at radius 3 is 1.95 bits per heavy atom. The SMILES string of the molecule is O=C(O)CN[C@H](c1ccccc1)[C@@H](O)c1ccccc1. The number of aliphatic hydroxyl groups excluding tert-OH is 1. The minimum Gasteiger partial charge on any atom is -0.480 e. The molecule has 0 aliphatic rings. The molecule has 0 spiro atoms. The molecule has 0 aliphatic carbocycles. The van der Waals surface area contributed by atoms with E-state index in [1.807, 2.05) is 60.7 Å². The van der Waals surface area contributed by atoms with Crippen LogP contribution in [0.25, 0.3) is 0 Å². The highest BCUT2D eigenvalue weighted by Gasteiger charge is 2.22. The Labute approximate surface area is 117 Å². The lowest BCUT2D eigenvalue weighted by Crippen LogP contribution is -2.31. The highest BCUT2D eigenvalue weighted by molar-refractivity contribution is 5.69. The largest absolute Gasteiger partial charge is 0.480 e. The van der Waals surface area contributed by atoms with Crippen LogP contribution in [0.5, 0.6) is 0 Å². The van der Waals surface area contributed by atoms with E-state index in [9.17, 15) is 9.90 Å². The van der Waals surface area contributed by atoms with Crippen LogP contribution in [0.1, 0.15) is 23.3 Å². The number of carbonyl (C=O) groups is 1. The second-order valence-corrected chi connectivity index (χ2v) is 4.52. The average Bonchev–Trinajstić information content (AvgIpc) is 2.49. The molecular weight excluding hydrogens is 254 g/mol. The van der Waals surface area contributed by atoms with Gasteiger partial charge < -0.3 is 10.2 Å². The zero-order chi connectivity index (χ0) is 14.4. The summed E-state index contributed by atoms with van der Waals surface area (Å²) in [5, 5.41) is 22.2. The van der Waals surface area contributed by atoms with Crippen molar-refractivity contribution in [3.8, 4) is 0 Å². The molecular formula is C16H17NO3. The summed E-state index contributed by atoms with van der Waals surface area (Å²) in [6, 6.07) is 18.1. The van der Waals surface area contributed by atoms with Crippen molar-refractivity contribution in [3.63, 3.8) is 0 Å². The van der Waals surface area contributed by atoms with Gasteiger partial charge in [0.25, 0.3) is 0 Å². The zero-order valence-corrected chi connectivity index (χ0v) is 10.9. The lowest BCUT2D eigenvalue weighted by atomic mass is 9.96. The minimum absolute atomic E-state index is 0.205. The van der Waals surface area contributed by atoms with Gasteiger partial charge in [-0.05, 0) is 11.1 Å². The summed E-state index contributed by atoms with van der Waals surface area (Å²) in [5.74, 6) is -0.953. The molecule has 0 fully saturated rings. The number of carboxylic acids is 1. The highest BCUT2D eigenvalue weighted by atomic mass is 16.4. The molecule has 0 unspecified atom stereocenters. The Hall–Kier alpha value is -2.17. The highest BCUT2D eigenvalue weighted by Crippen LogP contribution is 2.28. The van der Waals surface area contributed by atoms with Crippen molar-refractivity contribution in [1.82, 2.24) is 5.32 Å². The van der Waals surface area contributed by atoms with E-state index in [1.165, 1.54) is 0 Å². The first-order valence-electron chi connectivity index (χ1n) is 6.41. The lowest BCUT2D eigenvalue weighted by molar-refractivity contribution is -0.136. The summed E-state index contributed by atoms with van der Waals surface area (Å²) in [7, 11) is 0. The van der Waals surface area contributed by atoms with Gasteiger partial charge in [0.05, 0.1) is 18.7 Å². The number of hydrogen-bond acceptors (Lipinski definition) is 3. The van der Waals surface area contributed by atoms with Crippen LogP contribution in [0.2, 0.25) is 0 Å². The Bertz CT molecular complexity index is 542. The van der Waals surface area contributed by atoms with Crippen molar-refractivity contribution in [2.45, 2.75) is 12.1 Å². The number of nitrogens with one attached hydrogen (secondary N) is 1. The normalized spacial score (nSPS) is 13.7. The molecule has 2 rings (SSSR count). The van der Waals surface area contributed by atoms with Crippen LogP contribution in [0.4, 0.5) is 0 Å². The van der Waals surface area contributed by atoms with Gasteiger partial charge >= 0.3 is 5.97 Å². The van der Waals surface area contributed by atoms with E-state index in [0.29, 0.717) is 0 Å². The van der Waals surface area contributed by atoms with Gasteiger partial charge in [-0.15, -0.1) is 0 Å². The van der Waals surface area contributed by atoms with Crippen molar-refractivity contribution >= 4 is 5.97 Å². The number of aliphatic hydroxyl groups is 1. The van der Waals surface area contributed by atoms with Gasteiger partial charge in [-0.1, -0.05) is 60.7 Å². The standard InChI is InChI=1S/C16H17NO3/c18-14(19)11-17-15(12-7-3-1-4-8-12)16(20)13-9-5-2-6-10-13/h1-10,15-17,20H,11H2,(H,18,19)/t15-,16+/m1/s1. The molecule has 0 amide bonds. The van der Waals surface area contributed by atoms with Crippen molar-refractivity contribution in [3.05, 3.63) is 71.8 Å². The van der Waals surface area contributed by atoms with Crippen LogP contribution < -0.4 is 5.32 Å². The average molecular weight is 271 g/mol. The predicted molar refractivity (Wildman–Crippen MR) is 76.2 cm³/mol. The fourth-order valence-corrected chi connectivity index (χ4v) is 2.11. The van der Waals surface area contributed by atoms with E-state index in [-0.39, 0.29) is 6.54 Å². The maximum Gasteiger partial charge on any atom is 0.317 e. The predicted octanol–water partition coefficient (Wildman–Crippen LogP) is 2.14. The summed E-state index contributed by atoms with van der Waals surface area (Å²) >= 11 is 0. The maximum atomic E-state index is 10.8. The van der Waals surface area contributed by atoms with Crippen molar-refractivity contribution in [2.24, 2.45) is 0 Å². The van der Waals surface area contributed by atoms with Gasteiger partial charge in [0.2, 0.25) is 0 Å². The third-order valence-corrected chi connectivity index (χ3v) is 3.09. The molecule has 0 aliphatic heterocycles. The van der Waals surface area contributed by atoms with Crippen molar-refractivity contribution in [1.29, 1.82) is 0 Å². The third-order valence-electron chi connectivity index (χ3n) is 3.09. The molecule has 0 radical (unpaired) electrons.